The van der Waals surface area contributed by atoms with Gasteiger partial charge in [0.25, 0.3) is 5.69 Å². The van der Waals surface area contributed by atoms with E-state index in [9.17, 15) is 20.0 Å². The largest absolute Gasteiger partial charge is 0.451 e. The summed E-state index contributed by atoms with van der Waals surface area (Å²) in [6.45, 7) is 0. The fourth-order valence-corrected chi connectivity index (χ4v) is 2.77. The van der Waals surface area contributed by atoms with Crippen LogP contribution in [0.1, 0.15) is 33.7 Å². The average Bonchev–Trinajstić information content (AvgIpc) is 2.72. The van der Waals surface area contributed by atoms with Crippen molar-refractivity contribution in [2.45, 2.75) is 12.2 Å². The van der Waals surface area contributed by atoms with E-state index in [0.717, 1.165) is 0 Å². The summed E-state index contributed by atoms with van der Waals surface area (Å²) in [6, 6.07) is 23.1. The van der Waals surface area contributed by atoms with Crippen molar-refractivity contribution in [2.24, 2.45) is 0 Å². The molecule has 0 aliphatic heterocycles. The van der Waals surface area contributed by atoms with Crippen LogP contribution in [0.2, 0.25) is 0 Å². The van der Waals surface area contributed by atoms with Gasteiger partial charge < -0.3 is 9.84 Å². The van der Waals surface area contributed by atoms with Gasteiger partial charge in [-0.2, -0.15) is 0 Å². The molecule has 0 radical (unpaired) electrons. The van der Waals surface area contributed by atoms with Gasteiger partial charge in [0.1, 0.15) is 11.7 Å². The highest BCUT2D eigenvalue weighted by molar-refractivity contribution is 5.94. The number of aliphatic hydroxyl groups excluding tert-OH is 1. The lowest BCUT2D eigenvalue weighted by Crippen LogP contribution is -2.19. The minimum atomic E-state index is -1.12. The number of hydrogen-bond acceptors (Lipinski definition) is 5. The summed E-state index contributed by atoms with van der Waals surface area (Å²) in [7, 11) is 0. The van der Waals surface area contributed by atoms with Crippen LogP contribution in [0.25, 0.3) is 0 Å². The zero-order valence-electron chi connectivity index (χ0n) is 14.3. The lowest BCUT2D eigenvalue weighted by atomic mass is 9.98. The van der Waals surface area contributed by atoms with E-state index in [2.05, 4.69) is 0 Å². The monoisotopic (exact) mass is 363 g/mol. The Hall–Kier alpha value is -3.51. The van der Waals surface area contributed by atoms with Gasteiger partial charge in [0.2, 0.25) is 0 Å². The highest BCUT2D eigenvalue weighted by Crippen LogP contribution is 2.33. The fourth-order valence-electron chi connectivity index (χ4n) is 2.77. The molecule has 0 amide bonds. The molecule has 0 fully saturated rings. The first kappa shape index (κ1) is 18.3. The number of benzene rings is 3. The van der Waals surface area contributed by atoms with Gasteiger partial charge in [-0.25, -0.2) is 4.79 Å². The van der Waals surface area contributed by atoms with Gasteiger partial charge in [0.05, 0.1) is 4.92 Å². The maximum atomic E-state index is 12.7. The zero-order valence-corrected chi connectivity index (χ0v) is 14.3. The second kappa shape index (κ2) is 8.25. The van der Waals surface area contributed by atoms with Crippen LogP contribution in [0.3, 0.4) is 0 Å². The molecule has 27 heavy (non-hydrogen) atoms. The Kier molecular flexibility index (Phi) is 5.58. The van der Waals surface area contributed by atoms with Gasteiger partial charge in [-0.3, -0.25) is 10.1 Å². The molecule has 3 aromatic carbocycles. The molecule has 3 rings (SSSR count). The van der Waals surface area contributed by atoms with E-state index >= 15 is 0 Å². The van der Waals surface area contributed by atoms with Crippen molar-refractivity contribution < 1.29 is 19.6 Å². The number of esters is 1. The smallest absolute Gasteiger partial charge is 0.345 e. The average molecular weight is 363 g/mol. The molecule has 0 saturated heterocycles. The number of ether oxygens (including phenoxy) is 1. The summed E-state index contributed by atoms with van der Waals surface area (Å²) in [6.07, 6.45) is -2.14. The normalized spacial score (nSPS) is 12.8. The third-order valence-electron chi connectivity index (χ3n) is 4.11. The highest BCUT2D eigenvalue weighted by Gasteiger charge is 2.29. The molecule has 3 aromatic rings. The summed E-state index contributed by atoms with van der Waals surface area (Å²) < 4.78 is 5.54. The number of carbonyl (C=O) groups is 1. The van der Waals surface area contributed by atoms with Crippen molar-refractivity contribution in [1.29, 1.82) is 0 Å². The molecule has 0 aliphatic rings. The van der Waals surface area contributed by atoms with Crippen molar-refractivity contribution in [3.05, 3.63) is 112 Å². The Morgan fingerprint density at radius 2 is 1.37 bits per heavy atom. The van der Waals surface area contributed by atoms with Gasteiger partial charge in [-0.15, -0.1) is 0 Å². The Balaban J connectivity index is 1.95. The van der Waals surface area contributed by atoms with Crippen LogP contribution >= 0.6 is 0 Å². The quantitative estimate of drug-likeness (QED) is 0.402. The standard InChI is InChI=1S/C21H17NO5/c23-19(15-9-3-1-4-10-15)20(16-11-5-2-6-12-16)27-21(24)17-13-7-8-14-18(17)22(25)26/h1-14,19-20,23H/t19-,20+/m1/s1. The molecule has 0 aromatic heterocycles. The minimum Gasteiger partial charge on any atom is -0.451 e. The third-order valence-corrected chi connectivity index (χ3v) is 4.11. The van der Waals surface area contributed by atoms with E-state index in [4.69, 9.17) is 4.74 Å². The molecule has 0 unspecified atom stereocenters. The predicted molar refractivity (Wildman–Crippen MR) is 99.1 cm³/mol. The molecular weight excluding hydrogens is 346 g/mol. The topological polar surface area (TPSA) is 89.7 Å². The van der Waals surface area contributed by atoms with Crippen LogP contribution in [-0.4, -0.2) is 16.0 Å². The number of para-hydroxylation sites is 1. The fraction of sp³-hybridized carbons (Fsp3) is 0.0952. The van der Waals surface area contributed by atoms with Crippen molar-refractivity contribution in [1.82, 2.24) is 0 Å². The van der Waals surface area contributed by atoms with Crippen LogP contribution < -0.4 is 0 Å². The lowest BCUT2D eigenvalue weighted by Gasteiger charge is -2.24. The first-order valence-electron chi connectivity index (χ1n) is 8.30. The van der Waals surface area contributed by atoms with Crippen molar-refractivity contribution in [3.63, 3.8) is 0 Å². The Labute approximate surface area is 155 Å². The lowest BCUT2D eigenvalue weighted by molar-refractivity contribution is -0.385. The number of hydrogen-bond donors (Lipinski definition) is 1. The van der Waals surface area contributed by atoms with E-state index < -0.39 is 23.1 Å². The molecule has 0 saturated carbocycles. The maximum absolute atomic E-state index is 12.7. The first-order valence-corrected chi connectivity index (χ1v) is 8.30. The molecule has 0 spiro atoms. The maximum Gasteiger partial charge on any atom is 0.345 e. The molecule has 6 nitrogen and oxygen atoms in total. The Morgan fingerprint density at radius 3 is 1.96 bits per heavy atom. The van der Waals surface area contributed by atoms with Crippen LogP contribution in [0.5, 0.6) is 0 Å². The molecule has 0 aliphatic carbocycles. The van der Waals surface area contributed by atoms with Crippen LogP contribution in [0.4, 0.5) is 5.69 Å². The van der Waals surface area contributed by atoms with Gasteiger partial charge in [-0.05, 0) is 17.2 Å². The van der Waals surface area contributed by atoms with Gasteiger partial charge in [-0.1, -0.05) is 72.8 Å². The van der Waals surface area contributed by atoms with Crippen molar-refractivity contribution in [2.75, 3.05) is 0 Å². The van der Waals surface area contributed by atoms with Gasteiger partial charge in [0, 0.05) is 6.07 Å². The zero-order chi connectivity index (χ0) is 19.2. The van der Waals surface area contributed by atoms with Crippen LogP contribution in [0.15, 0.2) is 84.9 Å². The molecular formula is C21H17NO5. The predicted octanol–water partition coefficient (Wildman–Crippen LogP) is 4.23. The number of nitro benzene ring substituents is 1. The summed E-state index contributed by atoms with van der Waals surface area (Å²) in [4.78, 5) is 23.2. The van der Waals surface area contributed by atoms with E-state index in [1.165, 1.54) is 24.3 Å². The Bertz CT molecular complexity index is 928. The first-order chi connectivity index (χ1) is 13.1. The number of nitrogens with zero attached hydrogens (tertiary/aromatic N) is 1. The molecule has 0 heterocycles. The molecule has 1 N–H and O–H groups in total. The second-order valence-electron chi connectivity index (χ2n) is 5.87. The number of aliphatic hydroxyl groups is 1. The molecule has 0 bridgehead atoms. The van der Waals surface area contributed by atoms with E-state index in [1.807, 2.05) is 6.07 Å². The van der Waals surface area contributed by atoms with Gasteiger partial charge >= 0.3 is 5.97 Å². The van der Waals surface area contributed by atoms with Crippen molar-refractivity contribution >= 4 is 11.7 Å². The number of carbonyl (C=O) groups excluding carboxylic acids is 1. The Morgan fingerprint density at radius 1 is 0.852 bits per heavy atom. The van der Waals surface area contributed by atoms with E-state index in [1.54, 1.807) is 54.6 Å². The summed E-state index contributed by atoms with van der Waals surface area (Å²) in [5.74, 6) is -0.869. The van der Waals surface area contributed by atoms with Gasteiger partial charge in [0.15, 0.2) is 6.10 Å². The minimum absolute atomic E-state index is 0.163. The number of nitro groups is 1. The molecule has 136 valence electrons. The van der Waals surface area contributed by atoms with Crippen molar-refractivity contribution in [3.8, 4) is 0 Å². The van der Waals surface area contributed by atoms with Crippen LogP contribution in [-0.2, 0) is 4.74 Å². The SMILES string of the molecule is O=C(O[C@@H](c1ccccc1)[C@H](O)c1ccccc1)c1ccccc1[N+](=O)[O-]. The summed E-state index contributed by atoms with van der Waals surface area (Å²) >= 11 is 0. The van der Waals surface area contributed by atoms with E-state index in [0.29, 0.717) is 11.1 Å². The van der Waals surface area contributed by atoms with Crippen LogP contribution in [0, 0.1) is 10.1 Å². The summed E-state index contributed by atoms with van der Waals surface area (Å²) in [5, 5.41) is 22.0. The second-order valence-corrected chi connectivity index (χ2v) is 5.87. The summed E-state index contributed by atoms with van der Waals surface area (Å²) in [5.41, 5.74) is 0.648. The third kappa shape index (κ3) is 4.19. The molecule has 2 atom stereocenters. The highest BCUT2D eigenvalue weighted by atomic mass is 16.6. The molecule has 6 heteroatoms. The van der Waals surface area contributed by atoms with E-state index in [-0.39, 0.29) is 11.3 Å². The number of rotatable bonds is 6.